The average Bonchev–Trinajstić information content (AvgIpc) is 2.20. The topological polar surface area (TPSA) is 15.3 Å². The summed E-state index contributed by atoms with van der Waals surface area (Å²) in [5.74, 6) is 2.37. The van der Waals surface area contributed by atoms with Crippen molar-refractivity contribution in [2.45, 2.75) is 66.0 Å². The number of piperidine rings is 1. The average molecular weight is 254 g/mol. The molecule has 1 saturated heterocycles. The van der Waals surface area contributed by atoms with Crippen LogP contribution in [0.5, 0.6) is 0 Å². The summed E-state index contributed by atoms with van der Waals surface area (Å²) in [6, 6.07) is 1.43. The predicted molar refractivity (Wildman–Crippen MR) is 80.9 cm³/mol. The highest BCUT2D eigenvalue weighted by Gasteiger charge is 2.26. The van der Waals surface area contributed by atoms with Crippen molar-refractivity contribution in [1.29, 1.82) is 0 Å². The summed E-state index contributed by atoms with van der Waals surface area (Å²) in [5, 5.41) is 3.96. The van der Waals surface area contributed by atoms with Crippen molar-refractivity contribution >= 4 is 0 Å². The Balaban J connectivity index is 2.48. The molecule has 1 aliphatic rings. The van der Waals surface area contributed by atoms with E-state index in [1.165, 1.54) is 32.4 Å². The summed E-state index contributed by atoms with van der Waals surface area (Å²) in [6.45, 7) is 14.3. The summed E-state index contributed by atoms with van der Waals surface area (Å²) in [7, 11) is 2.24. The van der Waals surface area contributed by atoms with Crippen LogP contribution >= 0.6 is 0 Å². The first-order valence-electron chi connectivity index (χ1n) is 7.83. The second kappa shape index (κ2) is 7.49. The SMILES string of the molecule is CC(C)CC(CC(C)C)NC1CCN(C)CC1C. The fraction of sp³-hybridized carbons (Fsp3) is 1.00. The van der Waals surface area contributed by atoms with Crippen molar-refractivity contribution in [1.82, 2.24) is 10.2 Å². The van der Waals surface area contributed by atoms with Gasteiger partial charge in [-0.05, 0) is 50.6 Å². The molecule has 1 rings (SSSR count). The normalized spacial score (nSPS) is 26.5. The predicted octanol–water partition coefficient (Wildman–Crippen LogP) is 3.38. The molecule has 0 saturated carbocycles. The van der Waals surface area contributed by atoms with Gasteiger partial charge in [0.2, 0.25) is 0 Å². The van der Waals surface area contributed by atoms with Crippen LogP contribution < -0.4 is 5.32 Å². The molecule has 0 radical (unpaired) electrons. The van der Waals surface area contributed by atoms with Gasteiger partial charge in [-0.3, -0.25) is 0 Å². The Morgan fingerprint density at radius 2 is 1.67 bits per heavy atom. The van der Waals surface area contributed by atoms with Gasteiger partial charge in [0, 0.05) is 18.6 Å². The number of likely N-dealkylation sites (tertiary alicyclic amines) is 1. The number of nitrogens with one attached hydrogen (secondary N) is 1. The first kappa shape index (κ1) is 16.0. The van der Waals surface area contributed by atoms with E-state index in [4.69, 9.17) is 0 Å². The van der Waals surface area contributed by atoms with Crippen molar-refractivity contribution in [2.24, 2.45) is 17.8 Å². The first-order chi connectivity index (χ1) is 8.38. The molecule has 108 valence electrons. The minimum Gasteiger partial charge on any atom is -0.311 e. The van der Waals surface area contributed by atoms with Crippen molar-refractivity contribution in [3.05, 3.63) is 0 Å². The molecule has 0 aromatic rings. The Kier molecular flexibility index (Phi) is 6.65. The van der Waals surface area contributed by atoms with Crippen LogP contribution in [0.4, 0.5) is 0 Å². The molecule has 0 bridgehead atoms. The molecule has 0 aromatic heterocycles. The molecule has 1 aliphatic heterocycles. The van der Waals surface area contributed by atoms with Crippen molar-refractivity contribution in [3.63, 3.8) is 0 Å². The molecule has 0 aromatic carbocycles. The van der Waals surface area contributed by atoms with Gasteiger partial charge in [-0.1, -0.05) is 34.6 Å². The van der Waals surface area contributed by atoms with E-state index in [9.17, 15) is 0 Å². The van der Waals surface area contributed by atoms with E-state index in [2.05, 4.69) is 51.9 Å². The third kappa shape index (κ3) is 5.71. The van der Waals surface area contributed by atoms with Gasteiger partial charge in [-0.25, -0.2) is 0 Å². The third-order valence-corrected chi connectivity index (χ3v) is 4.07. The van der Waals surface area contributed by atoms with Crippen molar-refractivity contribution in [3.8, 4) is 0 Å². The van der Waals surface area contributed by atoms with E-state index in [0.29, 0.717) is 6.04 Å². The van der Waals surface area contributed by atoms with Gasteiger partial charge in [0.05, 0.1) is 0 Å². The number of nitrogens with zero attached hydrogens (tertiary/aromatic N) is 1. The maximum atomic E-state index is 3.96. The van der Waals surface area contributed by atoms with E-state index in [1.54, 1.807) is 0 Å². The molecule has 1 N–H and O–H groups in total. The van der Waals surface area contributed by atoms with Gasteiger partial charge in [-0.15, -0.1) is 0 Å². The van der Waals surface area contributed by atoms with Crippen LogP contribution in [0.3, 0.4) is 0 Å². The third-order valence-electron chi connectivity index (χ3n) is 4.07. The molecule has 2 heteroatoms. The molecule has 18 heavy (non-hydrogen) atoms. The van der Waals surface area contributed by atoms with E-state index >= 15 is 0 Å². The Morgan fingerprint density at radius 3 is 2.11 bits per heavy atom. The van der Waals surface area contributed by atoms with Crippen LogP contribution in [0.1, 0.15) is 53.9 Å². The second-order valence-electron chi connectivity index (χ2n) is 7.26. The quantitative estimate of drug-likeness (QED) is 0.782. The lowest BCUT2D eigenvalue weighted by molar-refractivity contribution is 0.158. The molecule has 1 heterocycles. The largest absolute Gasteiger partial charge is 0.311 e. The highest BCUT2D eigenvalue weighted by molar-refractivity contribution is 4.85. The van der Waals surface area contributed by atoms with E-state index < -0.39 is 0 Å². The molecule has 2 atom stereocenters. The zero-order chi connectivity index (χ0) is 13.7. The highest BCUT2D eigenvalue weighted by Crippen LogP contribution is 2.20. The van der Waals surface area contributed by atoms with Gasteiger partial charge >= 0.3 is 0 Å². The lowest BCUT2D eigenvalue weighted by Crippen LogP contribution is -2.50. The Bertz CT molecular complexity index is 215. The molecular weight excluding hydrogens is 220 g/mol. The molecule has 1 fully saturated rings. The maximum Gasteiger partial charge on any atom is 0.0120 e. The maximum absolute atomic E-state index is 3.96. The molecule has 0 aliphatic carbocycles. The van der Waals surface area contributed by atoms with Gasteiger partial charge in [0.25, 0.3) is 0 Å². The van der Waals surface area contributed by atoms with Gasteiger partial charge in [0.15, 0.2) is 0 Å². The summed E-state index contributed by atoms with van der Waals surface area (Å²) in [6.07, 6.45) is 3.94. The van der Waals surface area contributed by atoms with Crippen LogP contribution in [0.25, 0.3) is 0 Å². The van der Waals surface area contributed by atoms with E-state index in [1.807, 2.05) is 0 Å². The molecule has 0 amide bonds. The highest BCUT2D eigenvalue weighted by atomic mass is 15.1. The van der Waals surface area contributed by atoms with Crippen LogP contribution in [0.15, 0.2) is 0 Å². The minimum absolute atomic E-state index is 0.709. The monoisotopic (exact) mass is 254 g/mol. The minimum atomic E-state index is 0.709. The van der Waals surface area contributed by atoms with Gasteiger partial charge in [-0.2, -0.15) is 0 Å². The Labute approximate surface area is 115 Å². The molecule has 2 nitrogen and oxygen atoms in total. The number of hydrogen-bond acceptors (Lipinski definition) is 2. The van der Waals surface area contributed by atoms with E-state index in [0.717, 1.165) is 23.8 Å². The summed E-state index contributed by atoms with van der Waals surface area (Å²) in [5.41, 5.74) is 0. The molecule has 0 spiro atoms. The fourth-order valence-electron chi connectivity index (χ4n) is 3.27. The number of rotatable bonds is 6. The summed E-state index contributed by atoms with van der Waals surface area (Å²) in [4.78, 5) is 2.46. The van der Waals surface area contributed by atoms with Crippen LogP contribution in [0, 0.1) is 17.8 Å². The van der Waals surface area contributed by atoms with Crippen LogP contribution in [0.2, 0.25) is 0 Å². The lowest BCUT2D eigenvalue weighted by Gasteiger charge is -2.38. The fourth-order valence-corrected chi connectivity index (χ4v) is 3.27. The number of hydrogen-bond donors (Lipinski definition) is 1. The second-order valence-corrected chi connectivity index (χ2v) is 7.26. The molecule has 2 unspecified atom stereocenters. The lowest BCUT2D eigenvalue weighted by atomic mass is 9.90. The summed E-state index contributed by atoms with van der Waals surface area (Å²) >= 11 is 0. The Morgan fingerprint density at radius 1 is 1.11 bits per heavy atom. The van der Waals surface area contributed by atoms with Gasteiger partial charge < -0.3 is 10.2 Å². The van der Waals surface area contributed by atoms with Crippen LogP contribution in [-0.2, 0) is 0 Å². The molecular formula is C16H34N2. The zero-order valence-corrected chi connectivity index (χ0v) is 13.4. The summed E-state index contributed by atoms with van der Waals surface area (Å²) < 4.78 is 0. The smallest absolute Gasteiger partial charge is 0.0120 e. The Hall–Kier alpha value is -0.0800. The first-order valence-corrected chi connectivity index (χ1v) is 7.83. The van der Waals surface area contributed by atoms with Crippen molar-refractivity contribution < 1.29 is 0 Å². The standard InChI is InChI=1S/C16H34N2/c1-12(2)9-15(10-13(3)4)17-16-7-8-18(6)11-14(16)5/h12-17H,7-11H2,1-6H3. The van der Waals surface area contributed by atoms with E-state index in [-0.39, 0.29) is 0 Å². The van der Waals surface area contributed by atoms with Crippen molar-refractivity contribution in [2.75, 3.05) is 20.1 Å². The zero-order valence-electron chi connectivity index (χ0n) is 13.4. The van der Waals surface area contributed by atoms with Crippen LogP contribution in [-0.4, -0.2) is 37.1 Å². The van der Waals surface area contributed by atoms with Gasteiger partial charge in [0.1, 0.15) is 0 Å².